The lowest BCUT2D eigenvalue weighted by atomic mass is 10.2. The number of rotatable bonds is 6. The molecule has 0 spiro atoms. The van der Waals surface area contributed by atoms with E-state index < -0.39 is 17.8 Å². The molecule has 1 aromatic heterocycles. The van der Waals surface area contributed by atoms with Gasteiger partial charge in [0, 0.05) is 7.11 Å². The third-order valence-electron chi connectivity index (χ3n) is 3.20. The fourth-order valence-corrected chi connectivity index (χ4v) is 2.04. The van der Waals surface area contributed by atoms with Crippen LogP contribution in [0.1, 0.15) is 24.0 Å². The second-order valence-corrected chi connectivity index (χ2v) is 4.75. The van der Waals surface area contributed by atoms with Crippen molar-refractivity contribution in [2.24, 2.45) is 11.8 Å². The third-order valence-corrected chi connectivity index (χ3v) is 3.20. The Morgan fingerprint density at radius 3 is 2.74 bits per heavy atom. The van der Waals surface area contributed by atoms with E-state index in [4.69, 9.17) is 14.3 Å². The lowest BCUT2D eigenvalue weighted by Gasteiger charge is -2.15. The summed E-state index contributed by atoms with van der Waals surface area (Å²) in [4.78, 5) is 22.7. The molecule has 1 heterocycles. The number of hydrogen-bond donors (Lipinski definition) is 2. The fourth-order valence-electron chi connectivity index (χ4n) is 2.04. The molecule has 3 atom stereocenters. The van der Waals surface area contributed by atoms with Gasteiger partial charge in [-0.25, -0.2) is 0 Å². The summed E-state index contributed by atoms with van der Waals surface area (Å²) in [5.41, 5.74) is 0. The van der Waals surface area contributed by atoms with Crippen LogP contribution in [0.15, 0.2) is 16.5 Å². The lowest BCUT2D eigenvalue weighted by Crippen LogP contribution is -2.33. The number of carboxylic acid groups (broad SMARTS) is 1. The van der Waals surface area contributed by atoms with Crippen molar-refractivity contribution in [3.63, 3.8) is 0 Å². The van der Waals surface area contributed by atoms with Gasteiger partial charge in [-0.1, -0.05) is 0 Å². The molecule has 1 amide bonds. The Morgan fingerprint density at radius 1 is 1.53 bits per heavy atom. The number of methoxy groups -OCH3 is 1. The summed E-state index contributed by atoms with van der Waals surface area (Å²) in [5, 5.41) is 11.6. The van der Waals surface area contributed by atoms with Gasteiger partial charge in [-0.3, -0.25) is 9.59 Å². The largest absolute Gasteiger partial charge is 0.481 e. The van der Waals surface area contributed by atoms with Gasteiger partial charge >= 0.3 is 5.97 Å². The molecule has 1 aliphatic rings. The highest BCUT2D eigenvalue weighted by Gasteiger charge is 2.48. The summed E-state index contributed by atoms with van der Waals surface area (Å²) < 4.78 is 10.5. The van der Waals surface area contributed by atoms with Gasteiger partial charge < -0.3 is 19.6 Å². The standard InChI is InChI=1S/C13H17NO5/c1-7-3-4-11(19-7)10(6-18-2)14-12(15)8-5-9(8)13(16)17/h3-4,8-10H,5-6H2,1-2H3,(H,14,15)(H,16,17)/t8-,9+,10-/m0/s1. The molecule has 1 fully saturated rings. The van der Waals surface area contributed by atoms with Crippen molar-refractivity contribution < 1.29 is 23.8 Å². The molecule has 1 aromatic rings. The Hall–Kier alpha value is -1.82. The number of carboxylic acids is 1. The molecule has 0 saturated heterocycles. The van der Waals surface area contributed by atoms with Gasteiger partial charge in [0.25, 0.3) is 0 Å². The summed E-state index contributed by atoms with van der Waals surface area (Å²) in [6.07, 6.45) is 0.401. The lowest BCUT2D eigenvalue weighted by molar-refractivity contribution is -0.140. The molecule has 6 nitrogen and oxygen atoms in total. The van der Waals surface area contributed by atoms with E-state index in [-0.39, 0.29) is 18.6 Å². The van der Waals surface area contributed by atoms with E-state index in [1.807, 2.05) is 6.92 Å². The SMILES string of the molecule is COC[C@H](NC(=O)[C@H]1C[C@H]1C(=O)O)c1ccc(C)o1. The Kier molecular flexibility index (Phi) is 3.90. The first kappa shape index (κ1) is 13.6. The number of aryl methyl sites for hydroxylation is 1. The zero-order valence-corrected chi connectivity index (χ0v) is 10.9. The molecule has 0 aliphatic heterocycles. The van der Waals surface area contributed by atoms with Crippen LogP contribution in [0.2, 0.25) is 0 Å². The first-order valence-corrected chi connectivity index (χ1v) is 6.11. The number of ether oxygens (including phenoxy) is 1. The van der Waals surface area contributed by atoms with Gasteiger partial charge in [0.1, 0.15) is 17.6 Å². The molecule has 1 saturated carbocycles. The molecule has 0 aromatic carbocycles. The predicted octanol–water partition coefficient (Wildman–Crippen LogP) is 1.11. The van der Waals surface area contributed by atoms with Gasteiger partial charge in [0.15, 0.2) is 0 Å². The summed E-state index contributed by atoms with van der Waals surface area (Å²) >= 11 is 0. The van der Waals surface area contributed by atoms with Crippen molar-refractivity contribution in [2.45, 2.75) is 19.4 Å². The molecule has 6 heteroatoms. The highest BCUT2D eigenvalue weighted by Crippen LogP contribution is 2.39. The second kappa shape index (κ2) is 5.44. The minimum Gasteiger partial charge on any atom is -0.481 e. The van der Waals surface area contributed by atoms with Crippen LogP contribution in [0, 0.1) is 18.8 Å². The molecule has 104 valence electrons. The Morgan fingerprint density at radius 2 is 2.26 bits per heavy atom. The number of carbonyl (C=O) groups excluding carboxylic acids is 1. The van der Waals surface area contributed by atoms with E-state index in [1.165, 1.54) is 7.11 Å². The monoisotopic (exact) mass is 267 g/mol. The number of aliphatic carboxylic acids is 1. The zero-order valence-electron chi connectivity index (χ0n) is 10.9. The van der Waals surface area contributed by atoms with Crippen molar-refractivity contribution >= 4 is 11.9 Å². The molecule has 0 radical (unpaired) electrons. The Balaban J connectivity index is 1.98. The number of amides is 1. The first-order chi connectivity index (χ1) is 9.02. The van der Waals surface area contributed by atoms with Crippen LogP contribution >= 0.6 is 0 Å². The molecule has 2 N–H and O–H groups in total. The summed E-state index contributed by atoms with van der Waals surface area (Å²) in [7, 11) is 1.53. The van der Waals surface area contributed by atoms with Crippen molar-refractivity contribution in [1.82, 2.24) is 5.32 Å². The van der Waals surface area contributed by atoms with Crippen molar-refractivity contribution in [3.8, 4) is 0 Å². The van der Waals surface area contributed by atoms with E-state index in [1.54, 1.807) is 12.1 Å². The van der Waals surface area contributed by atoms with Gasteiger partial charge in [-0.15, -0.1) is 0 Å². The minimum absolute atomic E-state index is 0.261. The van der Waals surface area contributed by atoms with Crippen LogP contribution < -0.4 is 5.32 Å². The summed E-state index contributed by atoms with van der Waals surface area (Å²) in [6, 6.07) is 3.20. The van der Waals surface area contributed by atoms with Gasteiger partial charge in [0.05, 0.1) is 18.4 Å². The van der Waals surface area contributed by atoms with E-state index in [9.17, 15) is 9.59 Å². The normalized spacial score (nSPS) is 22.8. The maximum absolute atomic E-state index is 11.9. The quantitative estimate of drug-likeness (QED) is 0.806. The minimum atomic E-state index is -0.919. The average Bonchev–Trinajstić information content (AvgIpc) is 3.05. The van der Waals surface area contributed by atoms with Crippen LogP contribution in [-0.4, -0.2) is 30.7 Å². The molecular weight excluding hydrogens is 250 g/mol. The summed E-state index contributed by atoms with van der Waals surface area (Å²) in [5.74, 6) is -0.810. The Bertz CT molecular complexity index is 481. The van der Waals surface area contributed by atoms with Gasteiger partial charge in [-0.05, 0) is 25.5 Å². The van der Waals surface area contributed by atoms with Crippen molar-refractivity contribution in [2.75, 3.05) is 13.7 Å². The molecule has 1 aliphatic carbocycles. The van der Waals surface area contributed by atoms with Crippen molar-refractivity contribution in [3.05, 3.63) is 23.7 Å². The molecule has 0 bridgehead atoms. The van der Waals surface area contributed by atoms with Gasteiger partial charge in [0.2, 0.25) is 5.91 Å². The maximum atomic E-state index is 11.9. The summed E-state index contributed by atoms with van der Waals surface area (Å²) in [6.45, 7) is 2.10. The zero-order chi connectivity index (χ0) is 14.0. The molecule has 19 heavy (non-hydrogen) atoms. The van der Waals surface area contributed by atoms with Crippen LogP contribution in [0.25, 0.3) is 0 Å². The first-order valence-electron chi connectivity index (χ1n) is 6.11. The highest BCUT2D eigenvalue weighted by molar-refractivity contribution is 5.89. The number of nitrogens with one attached hydrogen (secondary N) is 1. The molecular formula is C13H17NO5. The average molecular weight is 267 g/mol. The van der Waals surface area contributed by atoms with E-state index in [0.29, 0.717) is 12.2 Å². The van der Waals surface area contributed by atoms with Crippen LogP contribution in [0.4, 0.5) is 0 Å². The van der Waals surface area contributed by atoms with Gasteiger partial charge in [-0.2, -0.15) is 0 Å². The molecule has 2 rings (SSSR count). The highest BCUT2D eigenvalue weighted by atomic mass is 16.5. The predicted molar refractivity (Wildman–Crippen MR) is 65.4 cm³/mol. The number of hydrogen-bond acceptors (Lipinski definition) is 4. The van der Waals surface area contributed by atoms with E-state index >= 15 is 0 Å². The van der Waals surface area contributed by atoms with E-state index in [0.717, 1.165) is 5.76 Å². The fraction of sp³-hybridized carbons (Fsp3) is 0.538. The third kappa shape index (κ3) is 3.14. The maximum Gasteiger partial charge on any atom is 0.307 e. The Labute approximate surface area is 110 Å². The number of furan rings is 1. The van der Waals surface area contributed by atoms with E-state index in [2.05, 4.69) is 5.32 Å². The van der Waals surface area contributed by atoms with Crippen LogP contribution in [0.3, 0.4) is 0 Å². The molecule has 0 unspecified atom stereocenters. The number of carbonyl (C=O) groups is 2. The topological polar surface area (TPSA) is 88.8 Å². The smallest absolute Gasteiger partial charge is 0.307 e. The van der Waals surface area contributed by atoms with Crippen LogP contribution in [-0.2, 0) is 14.3 Å². The van der Waals surface area contributed by atoms with Crippen molar-refractivity contribution in [1.29, 1.82) is 0 Å². The second-order valence-electron chi connectivity index (χ2n) is 4.75. The van der Waals surface area contributed by atoms with Crippen LogP contribution in [0.5, 0.6) is 0 Å².